The third-order valence-electron chi connectivity index (χ3n) is 5.07. The summed E-state index contributed by atoms with van der Waals surface area (Å²) in [6.07, 6.45) is 6.12. The monoisotopic (exact) mass is 336 g/mol. The highest BCUT2D eigenvalue weighted by molar-refractivity contribution is 5.99. The molecule has 0 spiro atoms. The molecule has 25 heavy (non-hydrogen) atoms. The molecule has 2 amide bonds. The molecule has 0 bridgehead atoms. The molecule has 1 heterocycles. The number of hydrogen-bond acceptors (Lipinski definition) is 1. The number of benzene rings is 2. The lowest BCUT2D eigenvalue weighted by Crippen LogP contribution is -2.45. The van der Waals surface area contributed by atoms with Gasteiger partial charge in [0, 0.05) is 13.1 Å². The topological polar surface area (TPSA) is 23.6 Å². The zero-order valence-corrected chi connectivity index (χ0v) is 15.1. The zero-order valence-electron chi connectivity index (χ0n) is 15.1. The minimum atomic E-state index is 0.0892. The summed E-state index contributed by atoms with van der Waals surface area (Å²) in [5, 5.41) is 0. The van der Waals surface area contributed by atoms with Crippen LogP contribution >= 0.6 is 0 Å². The first-order valence-corrected chi connectivity index (χ1v) is 9.48. The van der Waals surface area contributed by atoms with Crippen molar-refractivity contribution in [2.75, 3.05) is 18.0 Å². The van der Waals surface area contributed by atoms with E-state index in [1.807, 2.05) is 70.5 Å². The quantitative estimate of drug-likeness (QED) is 0.672. The molecule has 0 aliphatic carbocycles. The Balaban J connectivity index is 1.75. The summed E-state index contributed by atoms with van der Waals surface area (Å²) >= 11 is 0. The van der Waals surface area contributed by atoms with Crippen molar-refractivity contribution in [3.63, 3.8) is 0 Å². The van der Waals surface area contributed by atoms with E-state index in [9.17, 15) is 4.79 Å². The van der Waals surface area contributed by atoms with Crippen molar-refractivity contribution in [2.24, 2.45) is 5.92 Å². The number of para-hydroxylation sites is 2. The van der Waals surface area contributed by atoms with Gasteiger partial charge in [-0.15, -0.1) is 0 Å². The van der Waals surface area contributed by atoms with Crippen LogP contribution in [-0.2, 0) is 0 Å². The van der Waals surface area contributed by atoms with Crippen LogP contribution in [0.4, 0.5) is 16.2 Å². The fraction of sp³-hybridized carbons (Fsp3) is 0.409. The highest BCUT2D eigenvalue weighted by atomic mass is 16.2. The Morgan fingerprint density at radius 1 is 0.960 bits per heavy atom. The number of anilines is 2. The maximum atomic E-state index is 13.3. The van der Waals surface area contributed by atoms with Crippen molar-refractivity contribution >= 4 is 17.4 Å². The highest BCUT2D eigenvalue weighted by Gasteiger charge is 2.27. The molecule has 1 aliphatic heterocycles. The molecular formula is C22H28N2O. The molecular weight excluding hydrogens is 308 g/mol. The summed E-state index contributed by atoms with van der Waals surface area (Å²) in [7, 11) is 0. The van der Waals surface area contributed by atoms with Crippen molar-refractivity contribution in [1.82, 2.24) is 4.90 Å². The van der Waals surface area contributed by atoms with Gasteiger partial charge in [-0.3, -0.25) is 4.90 Å². The first kappa shape index (κ1) is 17.5. The number of piperidine rings is 1. The first-order valence-electron chi connectivity index (χ1n) is 9.48. The fourth-order valence-corrected chi connectivity index (χ4v) is 3.57. The molecule has 3 rings (SSSR count). The average Bonchev–Trinajstić information content (AvgIpc) is 2.68. The van der Waals surface area contributed by atoms with E-state index < -0.39 is 0 Å². The molecule has 0 saturated carbocycles. The molecule has 0 aromatic heterocycles. The maximum absolute atomic E-state index is 13.3. The summed E-state index contributed by atoms with van der Waals surface area (Å²) in [6, 6.07) is 20.0. The van der Waals surface area contributed by atoms with Crippen LogP contribution in [0.5, 0.6) is 0 Å². The molecule has 1 saturated heterocycles. The average molecular weight is 336 g/mol. The van der Waals surface area contributed by atoms with Gasteiger partial charge in [-0.1, -0.05) is 62.6 Å². The van der Waals surface area contributed by atoms with E-state index in [0.29, 0.717) is 0 Å². The number of unbranched alkanes of at least 4 members (excludes halogenated alkanes) is 1. The fourth-order valence-electron chi connectivity index (χ4n) is 3.57. The van der Waals surface area contributed by atoms with Gasteiger partial charge in [-0.2, -0.15) is 0 Å². The van der Waals surface area contributed by atoms with Crippen LogP contribution in [0.15, 0.2) is 60.7 Å². The minimum absolute atomic E-state index is 0.0892. The normalized spacial score (nSPS) is 15.2. The number of rotatable bonds is 5. The third kappa shape index (κ3) is 4.41. The summed E-state index contributed by atoms with van der Waals surface area (Å²) in [5.41, 5.74) is 1.85. The number of likely N-dealkylation sites (tertiary alicyclic amines) is 1. The highest BCUT2D eigenvalue weighted by Crippen LogP contribution is 2.29. The van der Waals surface area contributed by atoms with Crippen LogP contribution in [0.1, 0.15) is 39.0 Å². The molecule has 3 heteroatoms. The standard InChI is InChI=1S/C22H28N2O/c1-2-3-10-19-15-17-23(18-16-19)22(25)24(20-11-6-4-7-12-20)21-13-8-5-9-14-21/h4-9,11-14,19H,2-3,10,15-18H2,1H3. The SMILES string of the molecule is CCCCC1CCN(C(=O)N(c2ccccc2)c2ccccc2)CC1. The number of amides is 2. The lowest BCUT2D eigenvalue weighted by Gasteiger charge is -2.36. The maximum Gasteiger partial charge on any atom is 0.329 e. The third-order valence-corrected chi connectivity index (χ3v) is 5.07. The van der Waals surface area contributed by atoms with Crippen molar-refractivity contribution in [1.29, 1.82) is 0 Å². The molecule has 1 aliphatic rings. The van der Waals surface area contributed by atoms with E-state index in [1.54, 1.807) is 0 Å². The number of carbonyl (C=O) groups is 1. The predicted octanol–water partition coefficient (Wildman–Crippen LogP) is 5.85. The van der Waals surface area contributed by atoms with Crippen molar-refractivity contribution in [3.8, 4) is 0 Å². The van der Waals surface area contributed by atoms with E-state index in [4.69, 9.17) is 0 Å². The van der Waals surface area contributed by atoms with Gasteiger partial charge in [0.15, 0.2) is 0 Å². The van der Waals surface area contributed by atoms with Gasteiger partial charge in [0.1, 0.15) is 0 Å². The van der Waals surface area contributed by atoms with Gasteiger partial charge >= 0.3 is 6.03 Å². The Morgan fingerprint density at radius 3 is 1.96 bits per heavy atom. The van der Waals surface area contributed by atoms with Crippen LogP contribution in [0.2, 0.25) is 0 Å². The molecule has 2 aromatic carbocycles. The van der Waals surface area contributed by atoms with Crippen molar-refractivity contribution < 1.29 is 4.79 Å². The molecule has 0 atom stereocenters. The summed E-state index contributed by atoms with van der Waals surface area (Å²) < 4.78 is 0. The Bertz CT molecular complexity index is 609. The molecule has 1 fully saturated rings. The minimum Gasteiger partial charge on any atom is -0.324 e. The Hall–Kier alpha value is -2.29. The molecule has 0 unspecified atom stereocenters. The van der Waals surface area contributed by atoms with Gasteiger partial charge < -0.3 is 4.90 Å². The van der Waals surface area contributed by atoms with E-state index in [0.717, 1.165) is 43.2 Å². The number of hydrogen-bond donors (Lipinski definition) is 0. The van der Waals surface area contributed by atoms with Crippen molar-refractivity contribution in [2.45, 2.75) is 39.0 Å². The number of nitrogens with zero attached hydrogens (tertiary/aromatic N) is 2. The van der Waals surface area contributed by atoms with Gasteiger partial charge in [0.2, 0.25) is 0 Å². The van der Waals surface area contributed by atoms with Crippen LogP contribution in [-0.4, -0.2) is 24.0 Å². The predicted molar refractivity (Wildman–Crippen MR) is 104 cm³/mol. The lowest BCUT2D eigenvalue weighted by atomic mass is 9.92. The largest absolute Gasteiger partial charge is 0.329 e. The Kier molecular flexibility index (Phi) is 6.10. The van der Waals surface area contributed by atoms with Crippen molar-refractivity contribution in [3.05, 3.63) is 60.7 Å². The van der Waals surface area contributed by atoms with Gasteiger partial charge in [0.05, 0.1) is 11.4 Å². The number of urea groups is 1. The van der Waals surface area contributed by atoms with Gasteiger partial charge in [0.25, 0.3) is 0 Å². The second-order valence-electron chi connectivity index (χ2n) is 6.86. The smallest absolute Gasteiger partial charge is 0.324 e. The summed E-state index contributed by atoms with van der Waals surface area (Å²) in [4.78, 5) is 17.1. The molecule has 2 aromatic rings. The number of carbonyl (C=O) groups excluding carboxylic acids is 1. The summed E-state index contributed by atoms with van der Waals surface area (Å²) in [5.74, 6) is 0.783. The van der Waals surface area contributed by atoms with E-state index in [-0.39, 0.29) is 6.03 Å². The Labute approximate surface area is 151 Å². The van der Waals surface area contributed by atoms with Gasteiger partial charge in [-0.05, 0) is 43.0 Å². The zero-order chi connectivity index (χ0) is 17.5. The second kappa shape index (κ2) is 8.70. The van der Waals surface area contributed by atoms with E-state index >= 15 is 0 Å². The second-order valence-corrected chi connectivity index (χ2v) is 6.86. The molecule has 0 radical (unpaired) electrons. The van der Waals surface area contributed by atoms with Crippen LogP contribution in [0.3, 0.4) is 0 Å². The molecule has 0 N–H and O–H groups in total. The van der Waals surface area contributed by atoms with E-state index in [1.165, 1.54) is 19.3 Å². The van der Waals surface area contributed by atoms with Crippen LogP contribution in [0, 0.1) is 5.92 Å². The van der Waals surface area contributed by atoms with Crippen LogP contribution < -0.4 is 4.90 Å². The van der Waals surface area contributed by atoms with Gasteiger partial charge in [-0.25, -0.2) is 4.79 Å². The first-order chi connectivity index (χ1) is 12.3. The van der Waals surface area contributed by atoms with Crippen LogP contribution in [0.25, 0.3) is 0 Å². The lowest BCUT2D eigenvalue weighted by molar-refractivity contribution is 0.175. The Morgan fingerprint density at radius 2 is 1.48 bits per heavy atom. The summed E-state index contributed by atoms with van der Waals surface area (Å²) in [6.45, 7) is 3.98. The molecule has 132 valence electrons. The molecule has 3 nitrogen and oxygen atoms in total. The van der Waals surface area contributed by atoms with E-state index in [2.05, 4.69) is 6.92 Å².